The predicted molar refractivity (Wildman–Crippen MR) is 91.5 cm³/mol. The van der Waals surface area contributed by atoms with Gasteiger partial charge in [-0.1, -0.05) is 0 Å². The van der Waals surface area contributed by atoms with Crippen LogP contribution in [0.2, 0.25) is 0 Å². The average Bonchev–Trinajstić information content (AvgIpc) is 3.16. The highest BCUT2D eigenvalue weighted by atomic mass is 16.5. The summed E-state index contributed by atoms with van der Waals surface area (Å²) < 4.78 is 8.57. The second-order valence-electron chi connectivity index (χ2n) is 6.08. The van der Waals surface area contributed by atoms with Gasteiger partial charge in [-0.05, 0) is 16.8 Å². The third-order valence-corrected chi connectivity index (χ3v) is 4.21. The monoisotopic (exact) mass is 362 g/mol. The lowest BCUT2D eigenvalue weighted by atomic mass is 10.2. The number of carbonyl (C=O) groups is 1. The molecule has 1 saturated heterocycles. The lowest BCUT2D eigenvalue weighted by molar-refractivity contribution is -0.121. The van der Waals surface area contributed by atoms with Gasteiger partial charge in [0, 0.05) is 39.2 Å². The number of aromatic nitrogens is 6. The summed E-state index contributed by atoms with van der Waals surface area (Å²) in [6.45, 7) is 2.93. The van der Waals surface area contributed by atoms with Gasteiger partial charge < -0.3 is 15.0 Å². The minimum atomic E-state index is -0.139. The van der Waals surface area contributed by atoms with E-state index < -0.39 is 0 Å². The van der Waals surface area contributed by atoms with Gasteiger partial charge in [-0.2, -0.15) is 5.10 Å². The summed E-state index contributed by atoms with van der Waals surface area (Å²) in [6.07, 6.45) is 4.17. The Bertz CT molecular complexity index is 775. The number of rotatable bonds is 7. The molecular formula is C15H22N8O3. The molecule has 0 spiro atoms. The van der Waals surface area contributed by atoms with E-state index in [9.17, 15) is 9.59 Å². The summed E-state index contributed by atoms with van der Waals surface area (Å²) in [4.78, 5) is 25.7. The number of ether oxygens (including phenoxy) is 1. The lowest BCUT2D eigenvalue weighted by Crippen LogP contribution is -2.44. The second-order valence-corrected chi connectivity index (χ2v) is 6.08. The Labute approximate surface area is 149 Å². The Hall–Kier alpha value is -2.82. The number of hydrogen-bond donors (Lipinski definition) is 1. The lowest BCUT2D eigenvalue weighted by Gasteiger charge is -2.34. The molecule has 1 N–H and O–H groups in total. The molecule has 1 aliphatic heterocycles. The maximum Gasteiger partial charge on any atom is 0.268 e. The van der Waals surface area contributed by atoms with E-state index in [0.717, 1.165) is 5.69 Å². The third-order valence-electron chi connectivity index (χ3n) is 4.21. The normalized spacial score (nSPS) is 17.3. The number of anilines is 1. The van der Waals surface area contributed by atoms with Crippen molar-refractivity contribution in [2.75, 3.05) is 31.1 Å². The van der Waals surface area contributed by atoms with Gasteiger partial charge in [0.05, 0.1) is 31.1 Å². The first-order valence-electron chi connectivity index (χ1n) is 8.49. The van der Waals surface area contributed by atoms with Gasteiger partial charge in [-0.25, -0.2) is 9.36 Å². The molecule has 0 saturated carbocycles. The molecule has 0 aromatic carbocycles. The highest BCUT2D eigenvalue weighted by Gasteiger charge is 2.21. The number of morpholine rings is 1. The van der Waals surface area contributed by atoms with Crippen molar-refractivity contribution in [2.24, 2.45) is 7.05 Å². The maximum atomic E-state index is 11.8. The average molecular weight is 362 g/mol. The van der Waals surface area contributed by atoms with Crippen molar-refractivity contribution < 1.29 is 9.53 Å². The number of amides is 1. The second kappa shape index (κ2) is 8.52. The van der Waals surface area contributed by atoms with Gasteiger partial charge in [-0.15, -0.1) is 5.10 Å². The first-order valence-corrected chi connectivity index (χ1v) is 8.49. The fourth-order valence-corrected chi connectivity index (χ4v) is 2.72. The van der Waals surface area contributed by atoms with Crippen LogP contribution in [0.25, 0.3) is 0 Å². The summed E-state index contributed by atoms with van der Waals surface area (Å²) in [5.74, 6) is -0.0519. The fourth-order valence-electron chi connectivity index (χ4n) is 2.72. The van der Waals surface area contributed by atoms with Crippen molar-refractivity contribution in [1.29, 1.82) is 0 Å². The van der Waals surface area contributed by atoms with Crippen LogP contribution in [0, 0.1) is 0 Å². The number of aryl methyl sites for hydroxylation is 2. The summed E-state index contributed by atoms with van der Waals surface area (Å²) >= 11 is 0. The Balaban J connectivity index is 1.41. The predicted octanol–water partition coefficient (Wildman–Crippen LogP) is -1.43. The van der Waals surface area contributed by atoms with Crippen LogP contribution in [0.15, 0.2) is 23.4 Å². The van der Waals surface area contributed by atoms with Crippen molar-refractivity contribution >= 4 is 11.6 Å². The number of hydrogen-bond acceptors (Lipinski definition) is 8. The summed E-state index contributed by atoms with van der Waals surface area (Å²) in [5.41, 5.74) is 0.660. The maximum absolute atomic E-state index is 11.8. The zero-order valence-electron chi connectivity index (χ0n) is 14.6. The zero-order chi connectivity index (χ0) is 18.4. The Morgan fingerprint density at radius 2 is 2.35 bits per heavy atom. The van der Waals surface area contributed by atoms with E-state index in [4.69, 9.17) is 4.74 Å². The molecule has 2 aromatic heterocycles. The minimum Gasteiger partial charge on any atom is -0.374 e. The molecule has 3 heterocycles. The molecule has 26 heavy (non-hydrogen) atoms. The van der Waals surface area contributed by atoms with E-state index in [-0.39, 0.29) is 17.6 Å². The summed E-state index contributed by atoms with van der Waals surface area (Å²) in [7, 11) is 1.62. The molecule has 1 fully saturated rings. The van der Waals surface area contributed by atoms with Crippen molar-refractivity contribution in [3.05, 3.63) is 28.9 Å². The summed E-state index contributed by atoms with van der Waals surface area (Å²) in [5, 5.41) is 17.7. The van der Waals surface area contributed by atoms with Crippen molar-refractivity contribution in [3.63, 3.8) is 0 Å². The van der Waals surface area contributed by atoms with E-state index in [2.05, 4.69) is 30.8 Å². The van der Waals surface area contributed by atoms with E-state index in [1.54, 1.807) is 19.3 Å². The van der Waals surface area contributed by atoms with Crippen LogP contribution in [0.4, 0.5) is 5.69 Å². The van der Waals surface area contributed by atoms with Crippen molar-refractivity contribution in [2.45, 2.75) is 25.5 Å². The zero-order valence-corrected chi connectivity index (χ0v) is 14.6. The highest BCUT2D eigenvalue weighted by Crippen LogP contribution is 2.16. The standard InChI is InChI=1S/C15H22N8O3/c1-21-15(25)8-12(9-18-21)22-6-7-26-13(10-22)2-4-16-14(24)3-5-23-11-17-19-20-23/h8-9,11,13H,2-7,10H2,1H3,(H,16,24)/t13-/m0/s1. The van der Waals surface area contributed by atoms with E-state index in [1.165, 1.54) is 15.7 Å². The van der Waals surface area contributed by atoms with Crippen LogP contribution in [0.3, 0.4) is 0 Å². The Morgan fingerprint density at radius 3 is 3.12 bits per heavy atom. The smallest absolute Gasteiger partial charge is 0.268 e. The molecule has 0 aliphatic carbocycles. The molecule has 11 heteroatoms. The molecule has 1 atom stereocenters. The minimum absolute atomic E-state index is 0.00683. The van der Waals surface area contributed by atoms with Crippen LogP contribution in [-0.4, -0.2) is 68.2 Å². The Kier molecular flexibility index (Phi) is 5.89. The van der Waals surface area contributed by atoms with Gasteiger partial charge in [0.25, 0.3) is 5.56 Å². The van der Waals surface area contributed by atoms with Crippen LogP contribution < -0.4 is 15.8 Å². The molecule has 2 aromatic rings. The van der Waals surface area contributed by atoms with Gasteiger partial charge in [-0.3, -0.25) is 9.59 Å². The quantitative estimate of drug-likeness (QED) is 0.636. The van der Waals surface area contributed by atoms with Crippen molar-refractivity contribution in [3.8, 4) is 0 Å². The fraction of sp³-hybridized carbons (Fsp3) is 0.600. The van der Waals surface area contributed by atoms with E-state index in [1.807, 2.05) is 0 Å². The van der Waals surface area contributed by atoms with E-state index in [0.29, 0.717) is 45.6 Å². The van der Waals surface area contributed by atoms with Crippen LogP contribution in [0.5, 0.6) is 0 Å². The number of tetrazole rings is 1. The van der Waals surface area contributed by atoms with Crippen LogP contribution in [0.1, 0.15) is 12.8 Å². The molecule has 1 aliphatic rings. The third kappa shape index (κ3) is 4.85. The number of nitrogens with one attached hydrogen (secondary N) is 1. The first kappa shape index (κ1) is 18.0. The van der Waals surface area contributed by atoms with Crippen molar-refractivity contribution in [1.82, 2.24) is 35.3 Å². The largest absolute Gasteiger partial charge is 0.374 e. The van der Waals surface area contributed by atoms with E-state index >= 15 is 0 Å². The molecule has 140 valence electrons. The SMILES string of the molecule is Cn1ncc(N2CCO[C@@H](CCNC(=O)CCn3cnnn3)C2)cc1=O. The van der Waals surface area contributed by atoms with Crippen LogP contribution in [-0.2, 0) is 23.1 Å². The molecule has 0 bridgehead atoms. The number of nitrogens with zero attached hydrogens (tertiary/aromatic N) is 7. The Morgan fingerprint density at radius 1 is 1.46 bits per heavy atom. The molecule has 11 nitrogen and oxygen atoms in total. The molecule has 0 radical (unpaired) electrons. The highest BCUT2D eigenvalue weighted by molar-refractivity contribution is 5.75. The number of carbonyl (C=O) groups excluding carboxylic acids is 1. The molecule has 1 amide bonds. The van der Waals surface area contributed by atoms with Gasteiger partial charge >= 0.3 is 0 Å². The first-order chi connectivity index (χ1) is 12.6. The molecular weight excluding hydrogens is 340 g/mol. The van der Waals surface area contributed by atoms with Gasteiger partial charge in [0.15, 0.2) is 0 Å². The van der Waals surface area contributed by atoms with Crippen LogP contribution >= 0.6 is 0 Å². The molecule has 0 unspecified atom stereocenters. The molecule has 3 rings (SSSR count). The van der Waals surface area contributed by atoms with Gasteiger partial charge in [0.1, 0.15) is 6.33 Å². The summed E-state index contributed by atoms with van der Waals surface area (Å²) in [6, 6.07) is 1.58. The topological polar surface area (TPSA) is 120 Å². The van der Waals surface area contributed by atoms with Gasteiger partial charge in [0.2, 0.25) is 5.91 Å².